The van der Waals surface area contributed by atoms with Crippen LogP contribution in [0.3, 0.4) is 0 Å². The number of amides is 2. The molecule has 3 aromatic rings. The van der Waals surface area contributed by atoms with Crippen molar-refractivity contribution < 1.29 is 27.5 Å². The van der Waals surface area contributed by atoms with Crippen LogP contribution in [0.2, 0.25) is 0 Å². The second kappa shape index (κ2) is 12.4. The minimum atomic E-state index is -4.51. The Morgan fingerprint density at radius 3 is 2.24 bits per heavy atom. The molecule has 0 spiro atoms. The van der Waals surface area contributed by atoms with Crippen LogP contribution in [0.1, 0.15) is 46.5 Å². The Morgan fingerprint density at radius 1 is 0.865 bits per heavy atom. The first-order valence-corrected chi connectivity index (χ1v) is 11.9. The molecule has 0 radical (unpaired) electrons. The van der Waals surface area contributed by atoms with E-state index in [4.69, 9.17) is 17.0 Å². The maximum Gasteiger partial charge on any atom is 0.416 e. The van der Waals surface area contributed by atoms with Crippen LogP contribution in [0.25, 0.3) is 0 Å². The number of alkyl halides is 3. The maximum absolute atomic E-state index is 12.9. The van der Waals surface area contributed by atoms with Crippen molar-refractivity contribution in [2.45, 2.75) is 26.4 Å². The van der Waals surface area contributed by atoms with Crippen molar-refractivity contribution in [3.63, 3.8) is 0 Å². The summed E-state index contributed by atoms with van der Waals surface area (Å²) in [5, 5.41) is 7.94. The van der Waals surface area contributed by atoms with E-state index >= 15 is 0 Å². The number of carbonyl (C=O) groups is 2. The normalized spacial score (nSPS) is 11.1. The Kier molecular flexibility index (Phi) is 9.24. The number of hydrogen-bond acceptors (Lipinski definition) is 4. The van der Waals surface area contributed by atoms with E-state index in [1.807, 2.05) is 0 Å². The van der Waals surface area contributed by atoms with Gasteiger partial charge in [0.2, 0.25) is 0 Å². The zero-order chi connectivity index (χ0) is 27.0. The van der Waals surface area contributed by atoms with Gasteiger partial charge in [-0.2, -0.15) is 13.2 Å². The monoisotopic (exact) mass is 529 g/mol. The van der Waals surface area contributed by atoms with Crippen LogP contribution >= 0.6 is 12.2 Å². The van der Waals surface area contributed by atoms with Crippen molar-refractivity contribution >= 4 is 40.5 Å². The third-order valence-corrected chi connectivity index (χ3v) is 5.34. The van der Waals surface area contributed by atoms with Gasteiger partial charge in [0.25, 0.3) is 11.8 Å². The highest BCUT2D eigenvalue weighted by Crippen LogP contribution is 2.30. The van der Waals surface area contributed by atoms with Gasteiger partial charge in [-0.05, 0) is 85.2 Å². The summed E-state index contributed by atoms with van der Waals surface area (Å²) in [7, 11) is 0. The lowest BCUT2D eigenvalue weighted by Crippen LogP contribution is -2.34. The molecule has 0 aliphatic rings. The van der Waals surface area contributed by atoms with Crippen LogP contribution in [0.4, 0.5) is 24.5 Å². The van der Waals surface area contributed by atoms with E-state index in [0.717, 1.165) is 18.6 Å². The van der Waals surface area contributed by atoms with Crippen molar-refractivity contribution in [1.82, 2.24) is 5.32 Å². The van der Waals surface area contributed by atoms with E-state index in [1.165, 1.54) is 24.3 Å². The third-order valence-electron chi connectivity index (χ3n) is 5.14. The fourth-order valence-electron chi connectivity index (χ4n) is 3.16. The average Bonchev–Trinajstić information content (AvgIpc) is 2.84. The van der Waals surface area contributed by atoms with Crippen LogP contribution in [0, 0.1) is 5.92 Å². The summed E-state index contributed by atoms with van der Waals surface area (Å²) in [5.41, 5.74) is 0.290. The van der Waals surface area contributed by atoms with Crippen molar-refractivity contribution in [3.05, 3.63) is 89.5 Å². The predicted octanol–water partition coefficient (Wildman–Crippen LogP) is 6.51. The van der Waals surface area contributed by atoms with E-state index in [9.17, 15) is 22.8 Å². The van der Waals surface area contributed by atoms with Gasteiger partial charge in [-0.3, -0.25) is 14.9 Å². The number of nitrogens with one attached hydrogen (secondary N) is 3. The Labute approximate surface area is 218 Å². The van der Waals surface area contributed by atoms with Gasteiger partial charge in [0.1, 0.15) is 5.75 Å². The highest BCUT2D eigenvalue weighted by molar-refractivity contribution is 7.80. The SMILES string of the molecule is CC(C)CCOc1cccc(C(=O)NC(=S)Nc2ccc(C(=O)Nc3cccc(C(F)(F)F)c3)cc2)c1. The van der Waals surface area contributed by atoms with Gasteiger partial charge in [-0.1, -0.05) is 26.0 Å². The minimum absolute atomic E-state index is 0.0281. The summed E-state index contributed by atoms with van der Waals surface area (Å²) in [4.78, 5) is 25.0. The van der Waals surface area contributed by atoms with Gasteiger partial charge in [0.15, 0.2) is 5.11 Å². The number of hydrogen-bond donors (Lipinski definition) is 3. The second-order valence-electron chi connectivity index (χ2n) is 8.58. The van der Waals surface area contributed by atoms with E-state index in [2.05, 4.69) is 29.8 Å². The number of benzene rings is 3. The zero-order valence-corrected chi connectivity index (χ0v) is 21.0. The summed E-state index contributed by atoms with van der Waals surface area (Å²) >= 11 is 5.21. The van der Waals surface area contributed by atoms with E-state index in [0.29, 0.717) is 29.5 Å². The van der Waals surface area contributed by atoms with Crippen molar-refractivity contribution in [2.75, 3.05) is 17.2 Å². The molecule has 0 fully saturated rings. The van der Waals surface area contributed by atoms with Gasteiger partial charge >= 0.3 is 6.18 Å². The molecule has 6 nitrogen and oxygen atoms in total. The molecule has 10 heteroatoms. The summed E-state index contributed by atoms with van der Waals surface area (Å²) in [5.74, 6) is 0.112. The van der Waals surface area contributed by atoms with E-state index in [-0.39, 0.29) is 16.4 Å². The number of halogens is 3. The van der Waals surface area contributed by atoms with Crippen LogP contribution in [0.15, 0.2) is 72.8 Å². The summed E-state index contributed by atoms with van der Waals surface area (Å²) < 4.78 is 44.3. The lowest BCUT2D eigenvalue weighted by atomic mass is 10.1. The Morgan fingerprint density at radius 2 is 1.57 bits per heavy atom. The number of rotatable bonds is 8. The smallest absolute Gasteiger partial charge is 0.416 e. The largest absolute Gasteiger partial charge is 0.494 e. The fourth-order valence-corrected chi connectivity index (χ4v) is 3.37. The van der Waals surface area contributed by atoms with Gasteiger partial charge in [0.05, 0.1) is 12.2 Å². The topological polar surface area (TPSA) is 79.5 Å². The molecular weight excluding hydrogens is 503 g/mol. The molecule has 0 aliphatic heterocycles. The van der Waals surface area contributed by atoms with Gasteiger partial charge < -0.3 is 15.4 Å². The van der Waals surface area contributed by atoms with E-state index < -0.39 is 23.6 Å². The van der Waals surface area contributed by atoms with Crippen LogP contribution in [-0.4, -0.2) is 23.5 Å². The third kappa shape index (κ3) is 8.60. The Bertz CT molecular complexity index is 1260. The molecular formula is C27H26F3N3O3S. The van der Waals surface area contributed by atoms with Gasteiger partial charge in [0, 0.05) is 22.5 Å². The standard InChI is InChI=1S/C27H26F3N3O3S/c1-17(2)13-14-36-23-8-3-5-19(15-23)25(35)33-26(37)32-21-11-9-18(10-12-21)24(34)31-22-7-4-6-20(16-22)27(28,29)30/h3-12,15-17H,13-14H2,1-2H3,(H,31,34)(H2,32,33,35,37). The minimum Gasteiger partial charge on any atom is -0.494 e. The van der Waals surface area contributed by atoms with Gasteiger partial charge in [-0.25, -0.2) is 0 Å². The molecule has 0 aliphatic carbocycles. The van der Waals surface area contributed by atoms with Crippen molar-refractivity contribution in [2.24, 2.45) is 5.92 Å². The molecule has 0 aromatic heterocycles. The number of ether oxygens (including phenoxy) is 1. The van der Waals surface area contributed by atoms with Gasteiger partial charge in [-0.15, -0.1) is 0 Å². The molecule has 0 bridgehead atoms. The molecule has 2 amide bonds. The molecule has 0 saturated carbocycles. The average molecular weight is 530 g/mol. The zero-order valence-electron chi connectivity index (χ0n) is 20.2. The number of carbonyl (C=O) groups excluding carboxylic acids is 2. The first-order chi connectivity index (χ1) is 17.5. The summed E-state index contributed by atoms with van der Waals surface area (Å²) in [6.45, 7) is 4.76. The molecule has 3 aromatic carbocycles. The Balaban J connectivity index is 1.54. The highest BCUT2D eigenvalue weighted by atomic mass is 32.1. The van der Waals surface area contributed by atoms with Crippen LogP contribution < -0.4 is 20.7 Å². The summed E-state index contributed by atoms with van der Waals surface area (Å²) in [6.07, 6.45) is -3.61. The molecule has 0 heterocycles. The molecule has 194 valence electrons. The van der Waals surface area contributed by atoms with Crippen molar-refractivity contribution in [3.8, 4) is 5.75 Å². The number of thiocarbonyl (C=S) groups is 1. The molecule has 37 heavy (non-hydrogen) atoms. The van der Waals surface area contributed by atoms with Crippen LogP contribution in [-0.2, 0) is 6.18 Å². The highest BCUT2D eigenvalue weighted by Gasteiger charge is 2.30. The maximum atomic E-state index is 12.9. The van der Waals surface area contributed by atoms with E-state index in [1.54, 1.807) is 36.4 Å². The molecule has 3 rings (SSSR count). The first kappa shape index (κ1) is 27.7. The molecule has 0 unspecified atom stereocenters. The lowest BCUT2D eigenvalue weighted by Gasteiger charge is -2.12. The van der Waals surface area contributed by atoms with Crippen LogP contribution in [0.5, 0.6) is 5.75 Å². The molecule has 0 saturated heterocycles. The molecule has 3 N–H and O–H groups in total. The predicted molar refractivity (Wildman–Crippen MR) is 141 cm³/mol. The first-order valence-electron chi connectivity index (χ1n) is 11.4. The Hall–Kier alpha value is -3.92. The summed E-state index contributed by atoms with van der Waals surface area (Å²) in [6, 6.07) is 17.2. The quantitative estimate of drug-likeness (QED) is 0.290. The lowest BCUT2D eigenvalue weighted by molar-refractivity contribution is -0.137. The fraction of sp³-hybridized carbons (Fsp3) is 0.222. The van der Waals surface area contributed by atoms with Crippen molar-refractivity contribution in [1.29, 1.82) is 0 Å². The number of anilines is 2. The second-order valence-corrected chi connectivity index (χ2v) is 8.99. The molecule has 0 atom stereocenters.